The van der Waals surface area contributed by atoms with E-state index >= 15 is 0 Å². The van der Waals surface area contributed by atoms with Crippen molar-refractivity contribution in [1.82, 2.24) is 15.0 Å². The quantitative estimate of drug-likeness (QED) is 0.830. The largest absolute Gasteiger partial charge is 0.478 e. The molecule has 17 heavy (non-hydrogen) atoms. The summed E-state index contributed by atoms with van der Waals surface area (Å²) in [5.74, 6) is 2.29. The number of ether oxygens (including phenoxy) is 1. The molecule has 90 valence electrons. The Bertz CT molecular complexity index is 455. The lowest BCUT2D eigenvalue weighted by molar-refractivity contribution is 0.327. The fourth-order valence-corrected chi connectivity index (χ4v) is 1.53. The fourth-order valence-electron chi connectivity index (χ4n) is 1.53. The molecule has 0 aliphatic rings. The van der Waals surface area contributed by atoms with Gasteiger partial charge in [0.2, 0.25) is 5.88 Å². The van der Waals surface area contributed by atoms with Crippen LogP contribution >= 0.6 is 0 Å². The number of rotatable bonds is 5. The summed E-state index contributed by atoms with van der Waals surface area (Å²) in [6.45, 7) is 4.57. The molecule has 0 aliphatic carbocycles. The number of nitrogens with one attached hydrogen (secondary N) is 2. The van der Waals surface area contributed by atoms with Gasteiger partial charge in [0.15, 0.2) is 0 Å². The summed E-state index contributed by atoms with van der Waals surface area (Å²) in [4.78, 5) is 11.6. The van der Waals surface area contributed by atoms with Gasteiger partial charge in [0.05, 0.1) is 12.6 Å². The summed E-state index contributed by atoms with van der Waals surface area (Å²) >= 11 is 0. The third-order valence-electron chi connectivity index (χ3n) is 2.31. The van der Waals surface area contributed by atoms with Gasteiger partial charge in [0.25, 0.3) is 0 Å². The molecule has 0 bridgehead atoms. The first-order chi connectivity index (χ1) is 8.29. The summed E-state index contributed by atoms with van der Waals surface area (Å²) in [5.41, 5.74) is 0. The Labute approximate surface area is 100 Å². The molecule has 0 saturated heterocycles. The van der Waals surface area contributed by atoms with Crippen LogP contribution in [0.5, 0.6) is 5.88 Å². The van der Waals surface area contributed by atoms with Crippen molar-refractivity contribution in [3.05, 3.63) is 36.4 Å². The predicted octanol–water partition coefficient (Wildman–Crippen LogP) is 2.38. The van der Waals surface area contributed by atoms with Crippen LogP contribution in [-0.4, -0.2) is 21.6 Å². The van der Waals surface area contributed by atoms with Crippen molar-refractivity contribution in [2.45, 2.75) is 19.9 Å². The van der Waals surface area contributed by atoms with Crippen LogP contribution in [0.1, 0.15) is 25.7 Å². The normalized spacial score (nSPS) is 12.1. The minimum absolute atomic E-state index is 0.0781. The molecule has 2 heterocycles. The summed E-state index contributed by atoms with van der Waals surface area (Å²) in [5, 5.41) is 3.26. The second-order valence-corrected chi connectivity index (χ2v) is 3.63. The molecule has 0 aliphatic heterocycles. The highest BCUT2D eigenvalue weighted by molar-refractivity contribution is 5.38. The smallest absolute Gasteiger partial charge is 0.215 e. The second kappa shape index (κ2) is 5.34. The Morgan fingerprint density at radius 3 is 3.06 bits per heavy atom. The Kier molecular flexibility index (Phi) is 3.59. The Hall–Kier alpha value is -2.04. The van der Waals surface area contributed by atoms with E-state index in [1.807, 2.05) is 32.0 Å². The number of aromatic nitrogens is 3. The molecule has 1 atom stereocenters. The molecule has 2 aromatic heterocycles. The van der Waals surface area contributed by atoms with Gasteiger partial charge in [-0.3, -0.25) is 0 Å². The minimum atomic E-state index is 0.0781. The van der Waals surface area contributed by atoms with Crippen LogP contribution in [0, 0.1) is 0 Å². The van der Waals surface area contributed by atoms with Crippen molar-refractivity contribution in [3.63, 3.8) is 0 Å². The zero-order chi connectivity index (χ0) is 12.1. The molecule has 0 amide bonds. The topological polar surface area (TPSA) is 62.8 Å². The van der Waals surface area contributed by atoms with Gasteiger partial charge in [0.1, 0.15) is 11.6 Å². The lowest BCUT2D eigenvalue weighted by Gasteiger charge is -2.12. The lowest BCUT2D eigenvalue weighted by Crippen LogP contribution is -2.09. The SMILES string of the molecule is CCOc1cccc(NC(C)c2ncc[nH]2)n1. The molecule has 0 saturated carbocycles. The van der Waals surface area contributed by atoms with Gasteiger partial charge < -0.3 is 15.0 Å². The van der Waals surface area contributed by atoms with Crippen LogP contribution < -0.4 is 10.1 Å². The van der Waals surface area contributed by atoms with Crippen molar-refractivity contribution in [1.29, 1.82) is 0 Å². The molecule has 0 aromatic carbocycles. The fraction of sp³-hybridized carbons (Fsp3) is 0.333. The maximum Gasteiger partial charge on any atom is 0.215 e. The Balaban J connectivity index is 2.05. The predicted molar refractivity (Wildman–Crippen MR) is 66.0 cm³/mol. The van der Waals surface area contributed by atoms with Crippen molar-refractivity contribution in [2.75, 3.05) is 11.9 Å². The number of pyridine rings is 1. The standard InChI is InChI=1S/C12H16N4O/c1-3-17-11-6-4-5-10(16-11)15-9(2)12-13-7-8-14-12/h4-9H,3H2,1-2H3,(H,13,14)(H,15,16). The van der Waals surface area contributed by atoms with E-state index in [1.165, 1.54) is 0 Å². The molecule has 0 spiro atoms. The molecule has 2 N–H and O–H groups in total. The summed E-state index contributed by atoms with van der Waals surface area (Å²) < 4.78 is 5.34. The van der Waals surface area contributed by atoms with E-state index in [9.17, 15) is 0 Å². The molecule has 5 nitrogen and oxygen atoms in total. The number of hydrogen-bond acceptors (Lipinski definition) is 4. The first kappa shape index (κ1) is 11.4. The molecule has 2 aromatic rings. The van der Waals surface area contributed by atoms with E-state index in [0.29, 0.717) is 12.5 Å². The highest BCUT2D eigenvalue weighted by Gasteiger charge is 2.08. The second-order valence-electron chi connectivity index (χ2n) is 3.63. The minimum Gasteiger partial charge on any atom is -0.478 e. The number of hydrogen-bond donors (Lipinski definition) is 2. The van der Waals surface area contributed by atoms with Gasteiger partial charge in [-0.05, 0) is 19.9 Å². The molecule has 1 unspecified atom stereocenters. The van der Waals surface area contributed by atoms with Crippen LogP contribution in [0.2, 0.25) is 0 Å². The lowest BCUT2D eigenvalue weighted by atomic mass is 10.3. The zero-order valence-corrected chi connectivity index (χ0v) is 9.97. The van der Waals surface area contributed by atoms with E-state index in [4.69, 9.17) is 4.74 Å². The van der Waals surface area contributed by atoms with Crippen molar-refractivity contribution >= 4 is 5.82 Å². The summed E-state index contributed by atoms with van der Waals surface area (Å²) in [7, 11) is 0. The molecule has 0 fully saturated rings. The number of anilines is 1. The first-order valence-corrected chi connectivity index (χ1v) is 5.65. The Morgan fingerprint density at radius 2 is 2.35 bits per heavy atom. The van der Waals surface area contributed by atoms with E-state index < -0.39 is 0 Å². The summed E-state index contributed by atoms with van der Waals surface area (Å²) in [6.07, 6.45) is 3.54. The van der Waals surface area contributed by atoms with Gasteiger partial charge in [-0.1, -0.05) is 6.07 Å². The third kappa shape index (κ3) is 2.96. The van der Waals surface area contributed by atoms with Crippen LogP contribution in [0.3, 0.4) is 0 Å². The number of H-pyrrole nitrogens is 1. The average Bonchev–Trinajstić information content (AvgIpc) is 2.83. The maximum atomic E-state index is 5.34. The number of aromatic amines is 1. The van der Waals surface area contributed by atoms with Crippen LogP contribution in [0.15, 0.2) is 30.6 Å². The molecule has 5 heteroatoms. The first-order valence-electron chi connectivity index (χ1n) is 5.65. The van der Waals surface area contributed by atoms with Crippen molar-refractivity contribution in [3.8, 4) is 5.88 Å². The zero-order valence-electron chi connectivity index (χ0n) is 9.97. The van der Waals surface area contributed by atoms with Gasteiger partial charge in [-0.2, -0.15) is 4.98 Å². The maximum absolute atomic E-state index is 5.34. The van der Waals surface area contributed by atoms with Gasteiger partial charge in [0, 0.05) is 18.5 Å². The molecule has 2 rings (SSSR count). The number of imidazole rings is 1. The van der Waals surface area contributed by atoms with Crippen molar-refractivity contribution < 1.29 is 4.74 Å². The van der Waals surface area contributed by atoms with Gasteiger partial charge in [-0.25, -0.2) is 4.98 Å². The highest BCUT2D eigenvalue weighted by Crippen LogP contribution is 2.16. The molecular weight excluding hydrogens is 216 g/mol. The van der Waals surface area contributed by atoms with Gasteiger partial charge >= 0.3 is 0 Å². The molecular formula is C12H16N4O. The monoisotopic (exact) mass is 232 g/mol. The van der Waals surface area contributed by atoms with Gasteiger partial charge in [-0.15, -0.1) is 0 Å². The Morgan fingerprint density at radius 1 is 1.47 bits per heavy atom. The highest BCUT2D eigenvalue weighted by atomic mass is 16.5. The van der Waals surface area contributed by atoms with E-state index in [0.717, 1.165) is 11.6 Å². The van der Waals surface area contributed by atoms with Crippen LogP contribution in [-0.2, 0) is 0 Å². The average molecular weight is 232 g/mol. The van der Waals surface area contributed by atoms with E-state index in [-0.39, 0.29) is 6.04 Å². The van der Waals surface area contributed by atoms with Crippen LogP contribution in [0.4, 0.5) is 5.82 Å². The van der Waals surface area contributed by atoms with Crippen LogP contribution in [0.25, 0.3) is 0 Å². The third-order valence-corrected chi connectivity index (χ3v) is 2.31. The number of nitrogens with zero attached hydrogens (tertiary/aromatic N) is 2. The summed E-state index contributed by atoms with van der Waals surface area (Å²) in [6, 6.07) is 5.73. The van der Waals surface area contributed by atoms with E-state index in [1.54, 1.807) is 12.4 Å². The molecule has 0 radical (unpaired) electrons. The van der Waals surface area contributed by atoms with E-state index in [2.05, 4.69) is 20.3 Å². The van der Waals surface area contributed by atoms with Crippen molar-refractivity contribution in [2.24, 2.45) is 0 Å².